The number of ether oxygens (including phenoxy) is 2. The molecule has 0 aromatic heterocycles. The van der Waals surface area contributed by atoms with Gasteiger partial charge in [-0.2, -0.15) is 0 Å². The van der Waals surface area contributed by atoms with Gasteiger partial charge in [0.2, 0.25) is 0 Å². The molecule has 1 saturated heterocycles. The van der Waals surface area contributed by atoms with Crippen molar-refractivity contribution in [2.45, 2.75) is 25.8 Å². The lowest BCUT2D eigenvalue weighted by Crippen LogP contribution is -2.52. The largest absolute Gasteiger partial charge is 0.507 e. The van der Waals surface area contributed by atoms with Crippen molar-refractivity contribution in [2.24, 2.45) is 0 Å². The summed E-state index contributed by atoms with van der Waals surface area (Å²) in [6.45, 7) is 8.24. The number of amides is 2. The molecule has 2 aliphatic heterocycles. The molecule has 1 fully saturated rings. The molecule has 1 spiro atoms. The van der Waals surface area contributed by atoms with E-state index in [1.165, 1.54) is 12.0 Å². The van der Waals surface area contributed by atoms with E-state index in [1.807, 2.05) is 6.92 Å². The van der Waals surface area contributed by atoms with Crippen LogP contribution in [0.2, 0.25) is 0 Å². The Morgan fingerprint density at radius 1 is 1.14 bits per heavy atom. The number of rotatable bonds is 9. The van der Waals surface area contributed by atoms with E-state index in [0.29, 0.717) is 47.7 Å². The molecule has 2 heterocycles. The maximum atomic E-state index is 14.2. The molecule has 8 nitrogen and oxygen atoms in total. The van der Waals surface area contributed by atoms with Crippen molar-refractivity contribution in [3.8, 4) is 5.75 Å². The number of methoxy groups -OCH3 is 1. The molecule has 0 saturated carbocycles. The third-order valence-electron chi connectivity index (χ3n) is 6.58. The van der Waals surface area contributed by atoms with Gasteiger partial charge in [0.05, 0.1) is 17.9 Å². The first-order chi connectivity index (χ1) is 17.3. The number of aliphatic hydroxyl groups excluding tert-OH is 1. The Hall–Kier alpha value is -3.91. The number of ketones is 1. The summed E-state index contributed by atoms with van der Waals surface area (Å²) in [6, 6.07) is 12.0. The average Bonchev–Trinajstić information content (AvgIpc) is 3.25. The number of nitrogens with zero attached hydrogens (tertiary/aromatic N) is 2. The molecule has 36 heavy (non-hydrogen) atoms. The van der Waals surface area contributed by atoms with Crippen molar-refractivity contribution in [2.75, 3.05) is 38.3 Å². The van der Waals surface area contributed by atoms with Gasteiger partial charge in [-0.05, 0) is 43.2 Å². The number of benzene rings is 2. The van der Waals surface area contributed by atoms with Crippen LogP contribution in [-0.4, -0.2) is 61.0 Å². The molecule has 0 aliphatic carbocycles. The van der Waals surface area contributed by atoms with Crippen molar-refractivity contribution < 1.29 is 29.0 Å². The Morgan fingerprint density at radius 3 is 2.56 bits per heavy atom. The standard InChI is InChI=1S/C28H30N2O6/c1-5-13-29-21-10-8-7-9-20(21)28(27(29)34)23(25(32)26(33)30(28)14-16-35-4)24(31)19-11-12-22(18(3)17-19)36-15-6-2/h6-12,17,31H,2,5,13-16H2,1,3-4H3/t28-/m0/s1. The Kier molecular flexibility index (Phi) is 6.99. The van der Waals surface area contributed by atoms with Crippen LogP contribution in [0, 0.1) is 6.92 Å². The SMILES string of the molecule is C=CCOc1ccc(C(O)=C2C(=O)C(=O)N(CCOC)[C@]23C(=O)N(CCC)c2ccccc23)cc1C. The Morgan fingerprint density at radius 2 is 1.89 bits per heavy atom. The third kappa shape index (κ3) is 3.69. The molecule has 1 N–H and O–H groups in total. The number of hydrogen-bond acceptors (Lipinski definition) is 6. The quantitative estimate of drug-likeness (QED) is 0.250. The second-order valence-electron chi connectivity index (χ2n) is 8.77. The molecule has 0 bridgehead atoms. The van der Waals surface area contributed by atoms with Crippen LogP contribution in [-0.2, 0) is 24.7 Å². The van der Waals surface area contributed by atoms with Crippen LogP contribution in [0.1, 0.15) is 30.0 Å². The fourth-order valence-electron chi connectivity index (χ4n) is 5.05. The number of likely N-dealkylation sites (tertiary alicyclic amines) is 1. The van der Waals surface area contributed by atoms with Gasteiger partial charge in [-0.3, -0.25) is 14.4 Å². The number of carbonyl (C=O) groups is 3. The normalized spacial score (nSPS) is 20.4. The van der Waals surface area contributed by atoms with Crippen molar-refractivity contribution in [3.63, 3.8) is 0 Å². The number of anilines is 1. The fraction of sp³-hybridized carbons (Fsp3) is 0.321. The monoisotopic (exact) mass is 490 g/mol. The zero-order valence-corrected chi connectivity index (χ0v) is 20.7. The lowest BCUT2D eigenvalue weighted by atomic mass is 9.81. The van der Waals surface area contributed by atoms with Crippen molar-refractivity contribution in [1.29, 1.82) is 0 Å². The van der Waals surface area contributed by atoms with Crippen LogP contribution in [0.5, 0.6) is 5.75 Å². The average molecular weight is 491 g/mol. The second-order valence-corrected chi connectivity index (χ2v) is 8.77. The van der Waals surface area contributed by atoms with Gasteiger partial charge in [0.25, 0.3) is 17.6 Å². The molecule has 2 amide bonds. The molecule has 2 aliphatic rings. The topological polar surface area (TPSA) is 96.4 Å². The van der Waals surface area contributed by atoms with Gasteiger partial charge >= 0.3 is 0 Å². The van der Waals surface area contributed by atoms with E-state index < -0.39 is 28.9 Å². The first-order valence-electron chi connectivity index (χ1n) is 11.9. The van der Waals surface area contributed by atoms with E-state index >= 15 is 0 Å². The van der Waals surface area contributed by atoms with Gasteiger partial charge in [0.1, 0.15) is 18.1 Å². The van der Waals surface area contributed by atoms with Gasteiger partial charge < -0.3 is 24.4 Å². The molecule has 2 aromatic carbocycles. The first kappa shape index (κ1) is 25.2. The minimum atomic E-state index is -1.78. The molecule has 0 radical (unpaired) electrons. The van der Waals surface area contributed by atoms with E-state index in [4.69, 9.17) is 9.47 Å². The molecule has 0 unspecified atom stereocenters. The Labute approximate surface area is 210 Å². The summed E-state index contributed by atoms with van der Waals surface area (Å²) in [5.41, 5.74) is 0.107. The maximum absolute atomic E-state index is 14.2. The molecule has 188 valence electrons. The number of carbonyl (C=O) groups excluding carboxylic acids is 3. The predicted molar refractivity (Wildman–Crippen MR) is 136 cm³/mol. The summed E-state index contributed by atoms with van der Waals surface area (Å²) in [5.74, 6) is -2.01. The summed E-state index contributed by atoms with van der Waals surface area (Å²) in [6.07, 6.45) is 2.30. The van der Waals surface area contributed by atoms with Gasteiger partial charge in [0, 0.05) is 31.3 Å². The van der Waals surface area contributed by atoms with Gasteiger partial charge in [-0.25, -0.2) is 0 Å². The second kappa shape index (κ2) is 9.99. The highest BCUT2D eigenvalue weighted by atomic mass is 16.5. The van der Waals surface area contributed by atoms with Crippen LogP contribution < -0.4 is 9.64 Å². The smallest absolute Gasteiger partial charge is 0.296 e. The molecule has 1 atom stereocenters. The molecule has 8 heteroatoms. The summed E-state index contributed by atoms with van der Waals surface area (Å²) in [4.78, 5) is 43.9. The number of para-hydroxylation sites is 1. The summed E-state index contributed by atoms with van der Waals surface area (Å²) < 4.78 is 10.8. The van der Waals surface area contributed by atoms with Crippen LogP contribution in [0.4, 0.5) is 5.69 Å². The van der Waals surface area contributed by atoms with E-state index in [1.54, 1.807) is 60.4 Å². The van der Waals surface area contributed by atoms with Crippen LogP contribution in [0.25, 0.3) is 5.76 Å². The molecule has 4 rings (SSSR count). The first-order valence-corrected chi connectivity index (χ1v) is 11.9. The zero-order valence-electron chi connectivity index (χ0n) is 20.7. The highest BCUT2D eigenvalue weighted by molar-refractivity contribution is 6.50. The highest BCUT2D eigenvalue weighted by Crippen LogP contribution is 2.53. The predicted octanol–water partition coefficient (Wildman–Crippen LogP) is 3.54. The van der Waals surface area contributed by atoms with Crippen molar-refractivity contribution >= 4 is 29.0 Å². The van der Waals surface area contributed by atoms with E-state index in [-0.39, 0.29) is 18.7 Å². The molecular formula is C28H30N2O6. The zero-order chi connectivity index (χ0) is 26.0. The number of Topliss-reactive ketones (excluding diaryl/α,β-unsaturated/α-hetero) is 1. The van der Waals surface area contributed by atoms with E-state index in [0.717, 1.165) is 0 Å². The van der Waals surface area contributed by atoms with Crippen molar-refractivity contribution in [3.05, 3.63) is 77.4 Å². The number of aryl methyl sites for hydroxylation is 1. The van der Waals surface area contributed by atoms with Crippen LogP contribution >= 0.6 is 0 Å². The van der Waals surface area contributed by atoms with E-state index in [9.17, 15) is 19.5 Å². The molecule has 2 aromatic rings. The lowest BCUT2D eigenvalue weighted by molar-refractivity contribution is -0.144. The van der Waals surface area contributed by atoms with Gasteiger partial charge in [-0.15, -0.1) is 0 Å². The Bertz CT molecular complexity index is 1270. The van der Waals surface area contributed by atoms with Crippen LogP contribution in [0.15, 0.2) is 60.7 Å². The third-order valence-corrected chi connectivity index (χ3v) is 6.58. The van der Waals surface area contributed by atoms with Crippen molar-refractivity contribution in [1.82, 2.24) is 4.90 Å². The summed E-state index contributed by atoms with van der Waals surface area (Å²) >= 11 is 0. The lowest BCUT2D eigenvalue weighted by Gasteiger charge is -2.34. The van der Waals surface area contributed by atoms with Gasteiger partial charge in [0.15, 0.2) is 5.54 Å². The number of hydrogen-bond donors (Lipinski definition) is 1. The minimum absolute atomic E-state index is 0.00521. The fourth-order valence-corrected chi connectivity index (χ4v) is 5.05. The highest BCUT2D eigenvalue weighted by Gasteiger charge is 2.66. The number of aliphatic hydroxyl groups is 1. The molecular weight excluding hydrogens is 460 g/mol. The van der Waals surface area contributed by atoms with E-state index in [2.05, 4.69) is 6.58 Å². The Balaban J connectivity index is 1.98. The van der Waals surface area contributed by atoms with Gasteiger partial charge in [-0.1, -0.05) is 37.8 Å². The maximum Gasteiger partial charge on any atom is 0.296 e. The van der Waals surface area contributed by atoms with Crippen LogP contribution in [0.3, 0.4) is 0 Å². The summed E-state index contributed by atoms with van der Waals surface area (Å²) in [7, 11) is 1.48. The number of fused-ring (bicyclic) bond motifs is 2. The minimum Gasteiger partial charge on any atom is -0.507 e. The summed E-state index contributed by atoms with van der Waals surface area (Å²) in [5, 5.41) is 11.5.